The summed E-state index contributed by atoms with van der Waals surface area (Å²) in [6.45, 7) is 1.87. The second-order valence-corrected chi connectivity index (χ2v) is 5.62. The van der Waals surface area contributed by atoms with E-state index in [-0.39, 0.29) is 11.2 Å². The molecular formula is C13H16N4OS. The maximum absolute atomic E-state index is 11.9. The fourth-order valence-corrected chi connectivity index (χ4v) is 2.63. The van der Waals surface area contributed by atoms with Crippen molar-refractivity contribution >= 4 is 17.7 Å². The largest absolute Gasteiger partial charge is 0.348 e. The van der Waals surface area contributed by atoms with Gasteiger partial charge in [0.05, 0.1) is 5.25 Å². The molecule has 0 spiro atoms. The SMILES string of the molecule is CC(Sc1nncn1-c1ccccc1)C(=O)N(C)C. The maximum Gasteiger partial charge on any atom is 0.235 e. The molecule has 6 heteroatoms. The number of hydrogen-bond acceptors (Lipinski definition) is 4. The standard InChI is InChI=1S/C13H16N4OS/c1-10(12(18)16(2)3)19-13-15-14-9-17(13)11-7-5-4-6-8-11/h4-10H,1-3H3. The highest BCUT2D eigenvalue weighted by molar-refractivity contribution is 8.00. The molecule has 1 unspecified atom stereocenters. The van der Waals surface area contributed by atoms with Crippen LogP contribution >= 0.6 is 11.8 Å². The van der Waals surface area contributed by atoms with Crippen LogP contribution in [0, 0.1) is 0 Å². The predicted molar refractivity (Wildman–Crippen MR) is 75.4 cm³/mol. The Bertz CT molecular complexity index is 553. The van der Waals surface area contributed by atoms with Crippen LogP contribution in [0.4, 0.5) is 0 Å². The molecule has 0 radical (unpaired) electrons. The lowest BCUT2D eigenvalue weighted by atomic mass is 10.3. The number of aromatic nitrogens is 3. The molecule has 5 nitrogen and oxygen atoms in total. The lowest BCUT2D eigenvalue weighted by Crippen LogP contribution is -2.29. The first-order valence-electron chi connectivity index (χ1n) is 5.93. The molecule has 0 aliphatic carbocycles. The Balaban J connectivity index is 2.19. The van der Waals surface area contributed by atoms with Gasteiger partial charge in [0, 0.05) is 19.8 Å². The van der Waals surface area contributed by atoms with E-state index in [1.54, 1.807) is 25.3 Å². The molecule has 2 rings (SSSR count). The Morgan fingerprint density at radius 2 is 2.00 bits per heavy atom. The van der Waals surface area contributed by atoms with Crippen LogP contribution in [0.1, 0.15) is 6.92 Å². The van der Waals surface area contributed by atoms with Crippen molar-refractivity contribution in [3.8, 4) is 5.69 Å². The van der Waals surface area contributed by atoms with E-state index in [9.17, 15) is 4.79 Å². The first-order chi connectivity index (χ1) is 9.09. The van der Waals surface area contributed by atoms with Crippen molar-refractivity contribution in [2.45, 2.75) is 17.3 Å². The number of para-hydroxylation sites is 1. The zero-order valence-corrected chi connectivity index (χ0v) is 12.0. The van der Waals surface area contributed by atoms with Crippen LogP contribution in [-0.4, -0.2) is 44.9 Å². The topological polar surface area (TPSA) is 51.0 Å². The van der Waals surface area contributed by atoms with Gasteiger partial charge < -0.3 is 4.90 Å². The third-order valence-electron chi connectivity index (χ3n) is 2.62. The van der Waals surface area contributed by atoms with Gasteiger partial charge in [-0.25, -0.2) is 0 Å². The Kier molecular flexibility index (Phi) is 4.21. The molecule has 0 N–H and O–H groups in total. The van der Waals surface area contributed by atoms with Crippen LogP contribution in [0.5, 0.6) is 0 Å². The normalized spacial score (nSPS) is 12.2. The van der Waals surface area contributed by atoms with Crippen LogP contribution in [0.2, 0.25) is 0 Å². The smallest absolute Gasteiger partial charge is 0.235 e. The minimum absolute atomic E-state index is 0.0626. The monoisotopic (exact) mass is 276 g/mol. The van der Waals surface area contributed by atoms with Crippen molar-refractivity contribution in [3.05, 3.63) is 36.7 Å². The lowest BCUT2D eigenvalue weighted by Gasteiger charge is -2.16. The van der Waals surface area contributed by atoms with Gasteiger partial charge in [0.1, 0.15) is 6.33 Å². The highest BCUT2D eigenvalue weighted by atomic mass is 32.2. The number of carbonyl (C=O) groups excluding carboxylic acids is 1. The van der Waals surface area contributed by atoms with E-state index in [1.165, 1.54) is 11.8 Å². The highest BCUT2D eigenvalue weighted by Crippen LogP contribution is 2.24. The molecule has 0 aliphatic heterocycles. The zero-order valence-electron chi connectivity index (χ0n) is 11.1. The third kappa shape index (κ3) is 3.14. The van der Waals surface area contributed by atoms with Crippen LogP contribution in [-0.2, 0) is 4.79 Å². The quantitative estimate of drug-likeness (QED) is 0.800. The summed E-state index contributed by atoms with van der Waals surface area (Å²) in [5.41, 5.74) is 0.986. The molecule has 0 fully saturated rings. The molecule has 2 aromatic rings. The summed E-state index contributed by atoms with van der Waals surface area (Å²) in [7, 11) is 3.50. The zero-order chi connectivity index (χ0) is 13.8. The number of nitrogens with zero attached hydrogens (tertiary/aromatic N) is 4. The van der Waals surface area contributed by atoms with Crippen molar-refractivity contribution in [1.29, 1.82) is 0 Å². The summed E-state index contributed by atoms with van der Waals surface area (Å²) in [5.74, 6) is 0.0626. The number of amides is 1. The minimum atomic E-state index is -0.193. The van der Waals surface area contributed by atoms with Gasteiger partial charge in [-0.3, -0.25) is 9.36 Å². The molecule has 1 aromatic carbocycles. The molecule has 0 saturated heterocycles. The van der Waals surface area contributed by atoms with Gasteiger partial charge in [0.25, 0.3) is 0 Å². The average molecular weight is 276 g/mol. The molecule has 0 aliphatic rings. The Morgan fingerprint density at radius 1 is 1.32 bits per heavy atom. The van der Waals surface area contributed by atoms with E-state index in [1.807, 2.05) is 41.8 Å². The number of hydrogen-bond donors (Lipinski definition) is 0. The van der Waals surface area contributed by atoms with Crippen molar-refractivity contribution in [2.75, 3.05) is 14.1 Å². The van der Waals surface area contributed by atoms with Gasteiger partial charge in [-0.2, -0.15) is 0 Å². The summed E-state index contributed by atoms with van der Waals surface area (Å²) >= 11 is 1.41. The Labute approximate surface area is 116 Å². The summed E-state index contributed by atoms with van der Waals surface area (Å²) in [6, 6.07) is 9.83. The number of thioether (sulfide) groups is 1. The van der Waals surface area contributed by atoms with Crippen LogP contribution in [0.15, 0.2) is 41.8 Å². The number of rotatable bonds is 4. The molecule has 0 bridgehead atoms. The van der Waals surface area contributed by atoms with Gasteiger partial charge in [0.15, 0.2) is 5.16 Å². The van der Waals surface area contributed by atoms with Crippen molar-refractivity contribution < 1.29 is 4.79 Å². The molecule has 1 heterocycles. The fourth-order valence-electron chi connectivity index (χ4n) is 1.64. The Hall–Kier alpha value is -1.82. The second-order valence-electron chi connectivity index (χ2n) is 4.31. The highest BCUT2D eigenvalue weighted by Gasteiger charge is 2.19. The van der Waals surface area contributed by atoms with Gasteiger partial charge in [0.2, 0.25) is 5.91 Å². The summed E-state index contributed by atoms with van der Waals surface area (Å²) in [4.78, 5) is 13.4. The van der Waals surface area contributed by atoms with E-state index in [4.69, 9.17) is 0 Å². The summed E-state index contributed by atoms with van der Waals surface area (Å²) in [5, 5.41) is 8.53. The van der Waals surface area contributed by atoms with Gasteiger partial charge in [-0.15, -0.1) is 10.2 Å². The second kappa shape index (κ2) is 5.88. The lowest BCUT2D eigenvalue weighted by molar-refractivity contribution is -0.127. The first kappa shape index (κ1) is 13.6. The van der Waals surface area contributed by atoms with E-state index in [0.29, 0.717) is 5.16 Å². The molecule has 0 saturated carbocycles. The van der Waals surface area contributed by atoms with E-state index < -0.39 is 0 Å². The average Bonchev–Trinajstić information content (AvgIpc) is 2.86. The van der Waals surface area contributed by atoms with Crippen LogP contribution in [0.3, 0.4) is 0 Å². The molecule has 1 amide bonds. The summed E-state index contributed by atoms with van der Waals surface area (Å²) < 4.78 is 1.88. The predicted octanol–water partition coefficient (Wildman–Crippen LogP) is 1.84. The van der Waals surface area contributed by atoms with E-state index >= 15 is 0 Å². The molecule has 1 aromatic heterocycles. The van der Waals surface area contributed by atoms with Crippen molar-refractivity contribution in [1.82, 2.24) is 19.7 Å². The molecule has 1 atom stereocenters. The van der Waals surface area contributed by atoms with E-state index in [2.05, 4.69) is 10.2 Å². The van der Waals surface area contributed by atoms with Gasteiger partial charge in [-0.1, -0.05) is 30.0 Å². The molecule has 100 valence electrons. The molecular weight excluding hydrogens is 260 g/mol. The fraction of sp³-hybridized carbons (Fsp3) is 0.308. The minimum Gasteiger partial charge on any atom is -0.348 e. The molecule has 19 heavy (non-hydrogen) atoms. The number of carbonyl (C=O) groups is 1. The Morgan fingerprint density at radius 3 is 2.63 bits per heavy atom. The van der Waals surface area contributed by atoms with Crippen LogP contribution < -0.4 is 0 Å². The first-order valence-corrected chi connectivity index (χ1v) is 6.81. The number of benzene rings is 1. The van der Waals surface area contributed by atoms with Crippen molar-refractivity contribution in [2.24, 2.45) is 0 Å². The van der Waals surface area contributed by atoms with Gasteiger partial charge >= 0.3 is 0 Å². The van der Waals surface area contributed by atoms with Crippen LogP contribution in [0.25, 0.3) is 5.69 Å². The van der Waals surface area contributed by atoms with E-state index in [0.717, 1.165) is 5.69 Å². The third-order valence-corrected chi connectivity index (χ3v) is 3.67. The maximum atomic E-state index is 11.9. The van der Waals surface area contributed by atoms with Crippen molar-refractivity contribution in [3.63, 3.8) is 0 Å². The van der Waals surface area contributed by atoms with Gasteiger partial charge in [-0.05, 0) is 19.1 Å². The summed E-state index contributed by atoms with van der Waals surface area (Å²) in [6.07, 6.45) is 1.66.